The van der Waals surface area contributed by atoms with Gasteiger partial charge in [0.2, 0.25) is 5.91 Å². The van der Waals surface area contributed by atoms with Crippen molar-refractivity contribution in [3.05, 3.63) is 46.1 Å². The van der Waals surface area contributed by atoms with E-state index in [2.05, 4.69) is 19.9 Å². The number of amides is 1. The second-order valence-electron chi connectivity index (χ2n) is 7.90. The second-order valence-corrected chi connectivity index (χ2v) is 7.90. The highest BCUT2D eigenvalue weighted by Crippen LogP contribution is 2.37. The van der Waals surface area contributed by atoms with Crippen molar-refractivity contribution in [3.63, 3.8) is 0 Å². The van der Waals surface area contributed by atoms with Gasteiger partial charge in [-0.05, 0) is 43.7 Å². The van der Waals surface area contributed by atoms with E-state index in [-0.39, 0.29) is 11.5 Å². The Morgan fingerprint density at radius 2 is 2.11 bits per heavy atom. The number of nitrogens with one attached hydrogen (secondary N) is 1. The van der Waals surface area contributed by atoms with E-state index in [1.807, 2.05) is 17.0 Å². The molecule has 0 radical (unpaired) electrons. The first-order chi connectivity index (χ1) is 13.2. The van der Waals surface area contributed by atoms with Gasteiger partial charge in [-0.15, -0.1) is 0 Å². The molecule has 4 heterocycles. The number of carbonyl (C=O) groups excluding carboxylic acids is 1. The van der Waals surface area contributed by atoms with E-state index in [1.54, 1.807) is 12.4 Å². The predicted molar refractivity (Wildman–Crippen MR) is 99.9 cm³/mol. The quantitative estimate of drug-likeness (QED) is 0.884. The fourth-order valence-electron chi connectivity index (χ4n) is 4.79. The van der Waals surface area contributed by atoms with E-state index in [0.29, 0.717) is 49.2 Å². The first-order valence-corrected chi connectivity index (χ1v) is 9.71. The summed E-state index contributed by atoms with van der Waals surface area (Å²) in [5, 5.41) is 0. The summed E-state index contributed by atoms with van der Waals surface area (Å²) in [6.07, 6.45) is 7.71. The number of nitrogens with zero attached hydrogens (tertiary/aromatic N) is 4. The van der Waals surface area contributed by atoms with Gasteiger partial charge < -0.3 is 9.88 Å². The van der Waals surface area contributed by atoms with Crippen LogP contribution in [-0.4, -0.2) is 56.3 Å². The first kappa shape index (κ1) is 16.6. The SMILES string of the molecule is O=C(CN1C[C@H]2CC[C@@H]1C2)N1CCc2c(nc(-c3ccncc3)[nH]c2=O)C1. The summed E-state index contributed by atoms with van der Waals surface area (Å²) in [6, 6.07) is 4.23. The number of fused-ring (bicyclic) bond motifs is 3. The molecule has 2 aliphatic heterocycles. The van der Waals surface area contributed by atoms with E-state index in [9.17, 15) is 9.59 Å². The molecule has 7 nitrogen and oxygen atoms in total. The van der Waals surface area contributed by atoms with Crippen molar-refractivity contribution in [3.8, 4) is 11.4 Å². The first-order valence-electron chi connectivity index (χ1n) is 9.71. The largest absolute Gasteiger partial charge is 0.335 e. The Morgan fingerprint density at radius 3 is 2.85 bits per heavy atom. The zero-order valence-electron chi connectivity index (χ0n) is 15.2. The molecule has 2 bridgehead atoms. The third kappa shape index (κ3) is 3.06. The van der Waals surface area contributed by atoms with Crippen molar-refractivity contribution < 1.29 is 4.79 Å². The van der Waals surface area contributed by atoms with Crippen LogP contribution in [0.4, 0.5) is 0 Å². The lowest BCUT2D eigenvalue weighted by Gasteiger charge is -2.32. The van der Waals surface area contributed by atoms with Crippen LogP contribution in [0.5, 0.6) is 0 Å². The molecule has 2 fully saturated rings. The number of aromatic nitrogens is 3. The number of carbonyl (C=O) groups is 1. The molecule has 140 valence electrons. The highest BCUT2D eigenvalue weighted by atomic mass is 16.2. The molecule has 1 amide bonds. The number of hydrogen-bond donors (Lipinski definition) is 1. The number of rotatable bonds is 3. The lowest BCUT2D eigenvalue weighted by atomic mass is 10.1. The molecule has 1 N–H and O–H groups in total. The van der Waals surface area contributed by atoms with Crippen LogP contribution in [0.15, 0.2) is 29.3 Å². The van der Waals surface area contributed by atoms with Crippen LogP contribution < -0.4 is 5.56 Å². The number of H-pyrrole nitrogens is 1. The van der Waals surface area contributed by atoms with Crippen LogP contribution in [0.1, 0.15) is 30.5 Å². The van der Waals surface area contributed by atoms with Gasteiger partial charge >= 0.3 is 0 Å². The number of pyridine rings is 1. The second kappa shape index (κ2) is 6.56. The number of aromatic amines is 1. The maximum absolute atomic E-state index is 12.8. The summed E-state index contributed by atoms with van der Waals surface area (Å²) in [5.41, 5.74) is 2.14. The van der Waals surface area contributed by atoms with Gasteiger partial charge in [0, 0.05) is 42.7 Å². The Hall–Kier alpha value is -2.54. The Balaban J connectivity index is 1.35. The molecule has 7 heteroatoms. The van der Waals surface area contributed by atoms with Gasteiger partial charge in [-0.25, -0.2) is 4.98 Å². The summed E-state index contributed by atoms with van der Waals surface area (Å²) in [6.45, 7) is 2.56. The average molecular weight is 365 g/mol. The van der Waals surface area contributed by atoms with Crippen LogP contribution >= 0.6 is 0 Å². The van der Waals surface area contributed by atoms with E-state index in [4.69, 9.17) is 0 Å². The fraction of sp³-hybridized carbons (Fsp3) is 0.500. The molecule has 1 saturated carbocycles. The normalized spacial score (nSPS) is 24.2. The minimum absolute atomic E-state index is 0.101. The number of likely N-dealkylation sites (tertiary alicyclic amines) is 1. The van der Waals surface area contributed by atoms with Crippen LogP contribution in [0.3, 0.4) is 0 Å². The smallest absolute Gasteiger partial charge is 0.254 e. The van der Waals surface area contributed by atoms with Gasteiger partial charge in [0.15, 0.2) is 0 Å². The molecule has 2 aromatic rings. The van der Waals surface area contributed by atoms with Crippen LogP contribution in [0, 0.1) is 5.92 Å². The Bertz CT molecular complexity index is 926. The van der Waals surface area contributed by atoms with Crippen LogP contribution in [0.25, 0.3) is 11.4 Å². The van der Waals surface area contributed by atoms with Gasteiger partial charge in [0.05, 0.1) is 18.8 Å². The lowest BCUT2D eigenvalue weighted by molar-refractivity contribution is -0.133. The maximum Gasteiger partial charge on any atom is 0.254 e. The van der Waals surface area contributed by atoms with Crippen molar-refractivity contribution in [2.45, 2.75) is 38.3 Å². The summed E-state index contributed by atoms with van der Waals surface area (Å²) in [7, 11) is 0. The summed E-state index contributed by atoms with van der Waals surface area (Å²) >= 11 is 0. The Kier molecular flexibility index (Phi) is 4.04. The van der Waals surface area contributed by atoms with E-state index < -0.39 is 0 Å². The number of piperidine rings is 1. The molecule has 0 spiro atoms. The fourth-order valence-corrected chi connectivity index (χ4v) is 4.79. The maximum atomic E-state index is 12.8. The van der Waals surface area contributed by atoms with Crippen molar-refractivity contribution in [1.29, 1.82) is 0 Å². The van der Waals surface area contributed by atoms with E-state index >= 15 is 0 Å². The molecule has 5 rings (SSSR count). The molecule has 0 unspecified atom stereocenters. The van der Waals surface area contributed by atoms with Crippen molar-refractivity contribution in [2.75, 3.05) is 19.6 Å². The summed E-state index contributed by atoms with van der Waals surface area (Å²) in [5.74, 6) is 1.47. The Labute approximate surface area is 157 Å². The minimum atomic E-state index is -0.101. The third-order valence-corrected chi connectivity index (χ3v) is 6.24. The molecule has 1 saturated heterocycles. The zero-order chi connectivity index (χ0) is 18.4. The van der Waals surface area contributed by atoms with Crippen molar-refractivity contribution >= 4 is 5.91 Å². The monoisotopic (exact) mass is 365 g/mol. The average Bonchev–Trinajstić information content (AvgIpc) is 3.31. The van der Waals surface area contributed by atoms with Crippen LogP contribution in [-0.2, 0) is 17.8 Å². The molecule has 0 aromatic carbocycles. The molecule has 1 aliphatic carbocycles. The highest BCUT2D eigenvalue weighted by molar-refractivity contribution is 5.78. The van der Waals surface area contributed by atoms with Crippen LogP contribution in [0.2, 0.25) is 0 Å². The predicted octanol–water partition coefficient (Wildman–Crippen LogP) is 1.20. The highest BCUT2D eigenvalue weighted by Gasteiger charge is 2.39. The van der Waals surface area contributed by atoms with Crippen molar-refractivity contribution in [2.24, 2.45) is 5.92 Å². The minimum Gasteiger partial charge on any atom is -0.335 e. The lowest BCUT2D eigenvalue weighted by Crippen LogP contribution is -2.46. The molecule has 2 atom stereocenters. The third-order valence-electron chi connectivity index (χ3n) is 6.24. The molecule has 3 aliphatic rings. The number of hydrogen-bond acceptors (Lipinski definition) is 5. The molecular weight excluding hydrogens is 342 g/mol. The Morgan fingerprint density at radius 1 is 1.26 bits per heavy atom. The molecule has 2 aromatic heterocycles. The molecule has 27 heavy (non-hydrogen) atoms. The van der Waals surface area contributed by atoms with E-state index in [0.717, 1.165) is 18.0 Å². The van der Waals surface area contributed by atoms with Gasteiger partial charge in [-0.1, -0.05) is 0 Å². The van der Waals surface area contributed by atoms with Gasteiger partial charge in [-0.3, -0.25) is 19.5 Å². The van der Waals surface area contributed by atoms with Crippen molar-refractivity contribution in [1.82, 2.24) is 24.8 Å². The topological polar surface area (TPSA) is 82.2 Å². The standard InChI is InChI=1S/C20H23N5O2/c26-18(12-25-10-13-1-2-15(25)9-13)24-8-5-16-17(11-24)22-19(23-20(16)27)14-3-6-21-7-4-14/h3-4,6-7,13,15H,1-2,5,8-12H2,(H,22,23,27)/t13-,15+/m0/s1. The summed E-state index contributed by atoms with van der Waals surface area (Å²) < 4.78 is 0. The van der Waals surface area contributed by atoms with Gasteiger partial charge in [0.1, 0.15) is 5.82 Å². The summed E-state index contributed by atoms with van der Waals surface area (Å²) in [4.78, 5) is 41.1. The molecular formula is C20H23N5O2. The zero-order valence-corrected chi connectivity index (χ0v) is 15.2. The van der Waals surface area contributed by atoms with Gasteiger partial charge in [-0.2, -0.15) is 0 Å². The van der Waals surface area contributed by atoms with E-state index in [1.165, 1.54) is 19.3 Å². The van der Waals surface area contributed by atoms with Gasteiger partial charge in [0.25, 0.3) is 5.56 Å².